The second-order valence-electron chi connectivity index (χ2n) is 7.76. The first-order valence-electron chi connectivity index (χ1n) is 9.94. The topological polar surface area (TPSA) is 89.6 Å². The highest BCUT2D eigenvalue weighted by Crippen LogP contribution is 2.39. The smallest absolute Gasteiger partial charge is 0.289 e. The maximum atomic E-state index is 12.6. The molecular formula is C21H24N4O3S. The Hall–Kier alpha value is -2.63. The van der Waals surface area contributed by atoms with Crippen molar-refractivity contribution in [1.82, 2.24) is 9.80 Å². The quantitative estimate of drug-likeness (QED) is 0.834. The highest BCUT2D eigenvalue weighted by atomic mass is 32.1. The van der Waals surface area contributed by atoms with Crippen LogP contribution >= 0.6 is 11.3 Å². The van der Waals surface area contributed by atoms with Crippen molar-refractivity contribution in [3.63, 3.8) is 0 Å². The predicted octanol–water partition coefficient (Wildman–Crippen LogP) is 2.73. The monoisotopic (exact) mass is 412 g/mol. The van der Waals surface area contributed by atoms with E-state index in [2.05, 4.69) is 18.3 Å². The molecule has 1 aliphatic carbocycles. The van der Waals surface area contributed by atoms with Crippen LogP contribution in [0.2, 0.25) is 0 Å². The van der Waals surface area contributed by atoms with Crippen LogP contribution in [0.5, 0.6) is 0 Å². The van der Waals surface area contributed by atoms with Crippen LogP contribution in [0.3, 0.4) is 0 Å². The van der Waals surface area contributed by atoms with E-state index in [1.54, 1.807) is 28.4 Å². The zero-order valence-electron chi connectivity index (χ0n) is 16.4. The van der Waals surface area contributed by atoms with Crippen molar-refractivity contribution < 1.29 is 14.0 Å². The van der Waals surface area contributed by atoms with Crippen molar-refractivity contribution in [3.05, 3.63) is 40.2 Å². The van der Waals surface area contributed by atoms with Gasteiger partial charge in [0.2, 0.25) is 5.91 Å². The van der Waals surface area contributed by atoms with Crippen LogP contribution in [0.1, 0.15) is 39.9 Å². The fourth-order valence-corrected chi connectivity index (χ4v) is 5.37. The number of fused-ring (bicyclic) bond motifs is 1. The van der Waals surface area contributed by atoms with Crippen LogP contribution in [-0.2, 0) is 17.6 Å². The predicted molar refractivity (Wildman–Crippen MR) is 110 cm³/mol. The number of nitriles is 1. The molecule has 1 saturated heterocycles. The standard InChI is InChI=1S/C21H24N4O3S/c1-14-4-5-15-16(12-22)20(29-18(15)11-14)23-19(26)13-24-6-8-25(9-7-24)21(27)17-3-2-10-28-17/h2-3,10,14H,4-9,11,13H2,1H3,(H,23,26)/t14-/m0/s1. The molecule has 1 aliphatic heterocycles. The lowest BCUT2D eigenvalue weighted by atomic mass is 9.89. The van der Waals surface area contributed by atoms with E-state index in [0.29, 0.717) is 48.4 Å². The molecule has 0 radical (unpaired) electrons. The minimum atomic E-state index is -0.115. The Kier molecular flexibility index (Phi) is 5.69. The van der Waals surface area contributed by atoms with Gasteiger partial charge in [-0.1, -0.05) is 6.92 Å². The van der Waals surface area contributed by atoms with E-state index < -0.39 is 0 Å². The van der Waals surface area contributed by atoms with Gasteiger partial charge in [0.15, 0.2) is 5.76 Å². The minimum absolute atomic E-state index is 0.112. The van der Waals surface area contributed by atoms with Gasteiger partial charge < -0.3 is 14.6 Å². The maximum absolute atomic E-state index is 12.6. The zero-order chi connectivity index (χ0) is 20.4. The van der Waals surface area contributed by atoms with Gasteiger partial charge in [-0.3, -0.25) is 14.5 Å². The highest BCUT2D eigenvalue weighted by Gasteiger charge is 2.27. The summed E-state index contributed by atoms with van der Waals surface area (Å²) in [4.78, 5) is 29.9. The summed E-state index contributed by atoms with van der Waals surface area (Å²) >= 11 is 1.55. The molecule has 0 aromatic carbocycles. The molecule has 3 heterocycles. The molecule has 1 atom stereocenters. The lowest BCUT2D eigenvalue weighted by molar-refractivity contribution is -0.117. The molecule has 1 N–H and O–H groups in total. The second kappa shape index (κ2) is 8.39. The molecule has 4 rings (SSSR count). The first-order chi connectivity index (χ1) is 14.0. The largest absolute Gasteiger partial charge is 0.459 e. The third kappa shape index (κ3) is 4.21. The van der Waals surface area contributed by atoms with Gasteiger partial charge in [-0.25, -0.2) is 0 Å². The average molecular weight is 413 g/mol. The summed E-state index contributed by atoms with van der Waals surface area (Å²) < 4.78 is 5.18. The Morgan fingerprint density at radius 2 is 2.14 bits per heavy atom. The normalized spacial score (nSPS) is 19.4. The molecule has 29 heavy (non-hydrogen) atoms. The number of hydrogen-bond donors (Lipinski definition) is 1. The van der Waals surface area contributed by atoms with Gasteiger partial charge in [-0.2, -0.15) is 5.26 Å². The van der Waals surface area contributed by atoms with E-state index in [0.717, 1.165) is 24.8 Å². The van der Waals surface area contributed by atoms with E-state index in [1.807, 2.05) is 4.90 Å². The fourth-order valence-electron chi connectivity index (χ4n) is 3.99. The molecule has 152 valence electrons. The van der Waals surface area contributed by atoms with Gasteiger partial charge in [-0.15, -0.1) is 11.3 Å². The number of anilines is 1. The van der Waals surface area contributed by atoms with Crippen molar-refractivity contribution in [1.29, 1.82) is 5.26 Å². The summed E-state index contributed by atoms with van der Waals surface area (Å²) in [5.74, 6) is 0.739. The van der Waals surface area contributed by atoms with E-state index in [1.165, 1.54) is 11.1 Å². The second-order valence-corrected chi connectivity index (χ2v) is 8.87. The Morgan fingerprint density at radius 3 is 2.83 bits per heavy atom. The number of nitrogens with zero attached hydrogens (tertiary/aromatic N) is 3. The molecule has 0 saturated carbocycles. The molecule has 2 aromatic heterocycles. The number of furan rings is 1. The zero-order valence-corrected chi connectivity index (χ0v) is 17.3. The Bertz CT molecular complexity index is 936. The summed E-state index contributed by atoms with van der Waals surface area (Å²) in [5, 5.41) is 13.2. The van der Waals surface area contributed by atoms with Crippen molar-refractivity contribution in [2.24, 2.45) is 5.92 Å². The molecular weight excluding hydrogens is 388 g/mol. The molecule has 0 unspecified atom stereocenters. The lowest BCUT2D eigenvalue weighted by Crippen LogP contribution is -2.50. The van der Waals surface area contributed by atoms with E-state index in [4.69, 9.17) is 4.42 Å². The van der Waals surface area contributed by atoms with Gasteiger partial charge in [0.1, 0.15) is 11.1 Å². The van der Waals surface area contributed by atoms with E-state index in [9.17, 15) is 14.9 Å². The summed E-state index contributed by atoms with van der Waals surface area (Å²) in [6, 6.07) is 5.65. The first kappa shape index (κ1) is 19.7. The summed E-state index contributed by atoms with van der Waals surface area (Å²) in [5.41, 5.74) is 1.76. The number of amides is 2. The fraction of sp³-hybridized carbons (Fsp3) is 0.476. The molecule has 7 nitrogen and oxygen atoms in total. The number of rotatable bonds is 4. The van der Waals surface area contributed by atoms with Crippen molar-refractivity contribution >= 4 is 28.2 Å². The molecule has 0 spiro atoms. The highest BCUT2D eigenvalue weighted by molar-refractivity contribution is 7.16. The van der Waals surface area contributed by atoms with Crippen molar-refractivity contribution in [2.45, 2.75) is 26.2 Å². The van der Waals surface area contributed by atoms with E-state index in [-0.39, 0.29) is 18.4 Å². The summed E-state index contributed by atoms with van der Waals surface area (Å²) in [6.45, 7) is 4.85. The number of thiophene rings is 1. The van der Waals surface area contributed by atoms with Gasteiger partial charge in [-0.05, 0) is 42.9 Å². The van der Waals surface area contributed by atoms with Crippen LogP contribution in [0.25, 0.3) is 0 Å². The van der Waals surface area contributed by atoms with Crippen LogP contribution in [0.15, 0.2) is 22.8 Å². The van der Waals surface area contributed by atoms with Crippen molar-refractivity contribution in [3.8, 4) is 6.07 Å². The lowest BCUT2D eigenvalue weighted by Gasteiger charge is -2.33. The Labute approximate surface area is 173 Å². The molecule has 2 amide bonds. The molecule has 1 fully saturated rings. The van der Waals surface area contributed by atoms with Crippen LogP contribution < -0.4 is 5.32 Å². The van der Waals surface area contributed by atoms with Gasteiger partial charge in [0.25, 0.3) is 5.91 Å². The summed E-state index contributed by atoms with van der Waals surface area (Å²) in [6.07, 6.45) is 4.48. The number of hydrogen-bond acceptors (Lipinski definition) is 6. The van der Waals surface area contributed by atoms with Crippen LogP contribution in [0, 0.1) is 17.2 Å². The van der Waals surface area contributed by atoms with Crippen LogP contribution in [-0.4, -0.2) is 54.3 Å². The number of piperazine rings is 1. The molecule has 2 aliphatic rings. The van der Waals surface area contributed by atoms with Crippen LogP contribution in [0.4, 0.5) is 5.00 Å². The molecule has 0 bridgehead atoms. The Balaban J connectivity index is 1.32. The van der Waals surface area contributed by atoms with Gasteiger partial charge in [0.05, 0.1) is 18.4 Å². The van der Waals surface area contributed by atoms with E-state index >= 15 is 0 Å². The van der Waals surface area contributed by atoms with Gasteiger partial charge >= 0.3 is 0 Å². The SMILES string of the molecule is C[C@H]1CCc2c(sc(NC(=O)CN3CCN(C(=O)c4ccco4)CC3)c2C#N)C1. The first-order valence-corrected chi connectivity index (χ1v) is 10.8. The minimum Gasteiger partial charge on any atom is -0.459 e. The average Bonchev–Trinajstić information content (AvgIpc) is 3.35. The maximum Gasteiger partial charge on any atom is 0.289 e. The molecule has 2 aromatic rings. The summed E-state index contributed by atoms with van der Waals surface area (Å²) in [7, 11) is 0. The van der Waals surface area contributed by atoms with Crippen molar-refractivity contribution in [2.75, 3.05) is 38.0 Å². The number of carbonyl (C=O) groups is 2. The number of nitrogens with one attached hydrogen (secondary N) is 1. The third-order valence-electron chi connectivity index (χ3n) is 5.64. The molecule has 8 heteroatoms. The Morgan fingerprint density at radius 1 is 1.34 bits per heavy atom. The van der Waals surface area contributed by atoms with Gasteiger partial charge in [0, 0.05) is 31.1 Å². The number of carbonyl (C=O) groups excluding carboxylic acids is 2. The third-order valence-corrected chi connectivity index (χ3v) is 6.80.